The van der Waals surface area contributed by atoms with Gasteiger partial charge in [0.2, 0.25) is 0 Å². The highest BCUT2D eigenvalue weighted by molar-refractivity contribution is 9.10. The van der Waals surface area contributed by atoms with Crippen LogP contribution in [0.25, 0.3) is 0 Å². The monoisotopic (exact) mass is 360 g/mol. The molecule has 2 aromatic rings. The minimum Gasteiger partial charge on any atom is -0.445 e. The molecule has 4 nitrogen and oxygen atoms in total. The van der Waals surface area contributed by atoms with Gasteiger partial charge in [-0.05, 0) is 52.4 Å². The molecule has 0 unspecified atom stereocenters. The molecular weight excluding hydrogens is 344 g/mol. The van der Waals surface area contributed by atoms with Gasteiger partial charge in [0.1, 0.15) is 6.61 Å². The van der Waals surface area contributed by atoms with E-state index in [4.69, 9.17) is 4.74 Å². The summed E-state index contributed by atoms with van der Waals surface area (Å²) in [5.74, 6) is 0. The molecular formula is C17H17BrN2O2. The highest BCUT2D eigenvalue weighted by Gasteiger charge is 2.41. The Morgan fingerprint density at radius 2 is 2.05 bits per heavy atom. The Morgan fingerprint density at radius 3 is 2.68 bits per heavy atom. The Bertz CT molecular complexity index is 657. The summed E-state index contributed by atoms with van der Waals surface area (Å²) in [6.07, 6.45) is 6.07. The lowest BCUT2D eigenvalue weighted by Gasteiger charge is -2.42. The van der Waals surface area contributed by atoms with Crippen LogP contribution in [0.1, 0.15) is 30.4 Å². The Labute approximate surface area is 138 Å². The van der Waals surface area contributed by atoms with Crippen molar-refractivity contribution in [1.82, 2.24) is 10.3 Å². The molecule has 0 spiro atoms. The number of benzene rings is 1. The van der Waals surface area contributed by atoms with Crippen molar-refractivity contribution in [2.24, 2.45) is 0 Å². The summed E-state index contributed by atoms with van der Waals surface area (Å²) >= 11 is 3.43. The molecule has 1 aliphatic rings. The fourth-order valence-electron chi connectivity index (χ4n) is 2.64. The third-order valence-electron chi connectivity index (χ3n) is 4.02. The molecule has 0 bridgehead atoms. The number of carbonyl (C=O) groups is 1. The predicted octanol–water partition coefficient (Wildman–Crippen LogP) is 4.15. The van der Waals surface area contributed by atoms with Gasteiger partial charge >= 0.3 is 6.09 Å². The normalized spacial score (nSPS) is 15.7. The molecule has 0 atom stereocenters. The number of pyridine rings is 1. The second kappa shape index (κ2) is 6.48. The second-order valence-corrected chi connectivity index (χ2v) is 6.43. The minimum absolute atomic E-state index is 0.277. The van der Waals surface area contributed by atoms with Crippen molar-refractivity contribution in [3.8, 4) is 0 Å². The summed E-state index contributed by atoms with van der Waals surface area (Å²) in [6.45, 7) is 0.277. The van der Waals surface area contributed by atoms with Crippen LogP contribution in [0.5, 0.6) is 0 Å². The zero-order chi connectivity index (χ0) is 15.4. The van der Waals surface area contributed by atoms with Crippen molar-refractivity contribution in [3.63, 3.8) is 0 Å². The average Bonchev–Trinajstić information content (AvgIpc) is 2.50. The van der Waals surface area contributed by atoms with Crippen LogP contribution in [0.3, 0.4) is 0 Å². The van der Waals surface area contributed by atoms with Crippen molar-refractivity contribution < 1.29 is 9.53 Å². The van der Waals surface area contributed by atoms with Crippen LogP contribution in [0.15, 0.2) is 53.3 Å². The quantitative estimate of drug-likeness (QED) is 0.890. The SMILES string of the molecule is O=C(NC1(c2cncc(Br)c2)CCC1)OCc1ccccc1. The molecule has 1 aromatic heterocycles. The molecule has 1 aromatic carbocycles. The highest BCUT2D eigenvalue weighted by atomic mass is 79.9. The number of amides is 1. The zero-order valence-corrected chi connectivity index (χ0v) is 13.7. The third-order valence-corrected chi connectivity index (χ3v) is 4.45. The molecule has 1 amide bonds. The first-order valence-electron chi connectivity index (χ1n) is 7.28. The van der Waals surface area contributed by atoms with Crippen LogP contribution < -0.4 is 5.32 Å². The van der Waals surface area contributed by atoms with Gasteiger partial charge in [0.15, 0.2) is 0 Å². The van der Waals surface area contributed by atoms with Crippen LogP contribution in [-0.4, -0.2) is 11.1 Å². The van der Waals surface area contributed by atoms with Crippen molar-refractivity contribution in [3.05, 3.63) is 64.4 Å². The molecule has 0 radical (unpaired) electrons. The number of nitrogens with one attached hydrogen (secondary N) is 1. The summed E-state index contributed by atoms with van der Waals surface area (Å²) in [7, 11) is 0. The second-order valence-electron chi connectivity index (χ2n) is 5.51. The number of ether oxygens (including phenoxy) is 1. The van der Waals surface area contributed by atoms with Gasteiger partial charge in [0.25, 0.3) is 0 Å². The van der Waals surface area contributed by atoms with E-state index in [9.17, 15) is 4.79 Å². The van der Waals surface area contributed by atoms with Gasteiger partial charge in [-0.1, -0.05) is 30.3 Å². The molecule has 1 aliphatic carbocycles. The van der Waals surface area contributed by atoms with Crippen LogP contribution >= 0.6 is 15.9 Å². The molecule has 22 heavy (non-hydrogen) atoms. The van der Waals surface area contributed by atoms with E-state index >= 15 is 0 Å². The first kappa shape index (κ1) is 15.0. The van der Waals surface area contributed by atoms with E-state index in [0.29, 0.717) is 0 Å². The van der Waals surface area contributed by atoms with Crippen LogP contribution in [0, 0.1) is 0 Å². The maximum atomic E-state index is 12.1. The molecule has 0 aliphatic heterocycles. The van der Waals surface area contributed by atoms with E-state index < -0.39 is 0 Å². The molecule has 1 fully saturated rings. The Kier molecular flexibility index (Phi) is 4.43. The smallest absolute Gasteiger partial charge is 0.408 e. The van der Waals surface area contributed by atoms with Gasteiger partial charge in [-0.25, -0.2) is 4.79 Å². The number of halogens is 1. The van der Waals surface area contributed by atoms with Crippen LogP contribution in [-0.2, 0) is 16.9 Å². The number of rotatable bonds is 4. The fraction of sp³-hybridized carbons (Fsp3) is 0.294. The lowest BCUT2D eigenvalue weighted by Crippen LogP contribution is -2.51. The van der Waals surface area contributed by atoms with Crippen LogP contribution in [0.4, 0.5) is 4.79 Å². The van der Waals surface area contributed by atoms with E-state index in [1.165, 1.54) is 0 Å². The maximum Gasteiger partial charge on any atom is 0.408 e. The fourth-order valence-corrected chi connectivity index (χ4v) is 3.01. The maximum absolute atomic E-state index is 12.1. The standard InChI is InChI=1S/C17H17BrN2O2/c18-15-9-14(10-19-11-15)17(7-4-8-17)20-16(21)22-12-13-5-2-1-3-6-13/h1-3,5-6,9-11H,4,7-8,12H2,(H,20,21). The van der Waals surface area contributed by atoms with Gasteiger partial charge in [0.05, 0.1) is 5.54 Å². The Balaban J connectivity index is 1.64. The summed E-state index contributed by atoms with van der Waals surface area (Å²) in [4.78, 5) is 16.3. The summed E-state index contributed by atoms with van der Waals surface area (Å²) in [6, 6.07) is 11.7. The number of hydrogen-bond acceptors (Lipinski definition) is 3. The lowest BCUT2D eigenvalue weighted by atomic mass is 9.72. The molecule has 1 saturated carbocycles. The molecule has 3 rings (SSSR count). The Morgan fingerprint density at radius 1 is 1.27 bits per heavy atom. The van der Waals surface area contributed by atoms with E-state index in [0.717, 1.165) is 34.9 Å². The van der Waals surface area contributed by atoms with E-state index in [1.807, 2.05) is 36.4 Å². The van der Waals surface area contributed by atoms with Gasteiger partial charge in [-0.15, -0.1) is 0 Å². The Hall–Kier alpha value is -1.88. The number of hydrogen-bond donors (Lipinski definition) is 1. The topological polar surface area (TPSA) is 51.2 Å². The minimum atomic E-state index is -0.386. The molecule has 114 valence electrons. The average molecular weight is 361 g/mol. The summed E-state index contributed by atoms with van der Waals surface area (Å²) in [5, 5.41) is 3.02. The number of alkyl carbamates (subject to hydrolysis) is 1. The molecule has 1 N–H and O–H groups in total. The molecule has 0 saturated heterocycles. The molecule has 5 heteroatoms. The lowest BCUT2D eigenvalue weighted by molar-refractivity contribution is 0.106. The van der Waals surface area contributed by atoms with Crippen molar-refractivity contribution in [1.29, 1.82) is 0 Å². The summed E-state index contributed by atoms with van der Waals surface area (Å²) in [5.41, 5.74) is 1.65. The van der Waals surface area contributed by atoms with Gasteiger partial charge in [-0.2, -0.15) is 0 Å². The highest BCUT2D eigenvalue weighted by Crippen LogP contribution is 2.41. The van der Waals surface area contributed by atoms with Gasteiger partial charge in [0, 0.05) is 16.9 Å². The number of aromatic nitrogens is 1. The van der Waals surface area contributed by atoms with E-state index in [-0.39, 0.29) is 18.2 Å². The first-order chi connectivity index (χ1) is 10.7. The molecule has 1 heterocycles. The third kappa shape index (κ3) is 3.30. The number of nitrogens with zero attached hydrogens (tertiary/aromatic N) is 1. The first-order valence-corrected chi connectivity index (χ1v) is 8.07. The summed E-state index contributed by atoms with van der Waals surface area (Å²) < 4.78 is 6.24. The van der Waals surface area contributed by atoms with Crippen molar-refractivity contribution in [2.45, 2.75) is 31.4 Å². The van der Waals surface area contributed by atoms with Crippen molar-refractivity contribution in [2.75, 3.05) is 0 Å². The van der Waals surface area contributed by atoms with Crippen LogP contribution in [0.2, 0.25) is 0 Å². The van der Waals surface area contributed by atoms with E-state index in [1.54, 1.807) is 12.4 Å². The van der Waals surface area contributed by atoms with Gasteiger partial charge < -0.3 is 10.1 Å². The van der Waals surface area contributed by atoms with Crippen molar-refractivity contribution >= 4 is 22.0 Å². The largest absolute Gasteiger partial charge is 0.445 e. The number of carbonyl (C=O) groups excluding carboxylic acids is 1. The van der Waals surface area contributed by atoms with Gasteiger partial charge in [-0.3, -0.25) is 4.98 Å². The predicted molar refractivity (Wildman–Crippen MR) is 87.2 cm³/mol. The van der Waals surface area contributed by atoms with E-state index in [2.05, 4.69) is 26.2 Å². The zero-order valence-electron chi connectivity index (χ0n) is 12.1.